The van der Waals surface area contributed by atoms with E-state index in [0.29, 0.717) is 11.3 Å². The van der Waals surface area contributed by atoms with Crippen molar-refractivity contribution in [1.29, 1.82) is 0 Å². The van der Waals surface area contributed by atoms with Gasteiger partial charge in [-0.1, -0.05) is 5.16 Å². The number of benzene rings is 1. The van der Waals surface area contributed by atoms with Crippen LogP contribution in [0.5, 0.6) is 0 Å². The summed E-state index contributed by atoms with van der Waals surface area (Å²) in [5.41, 5.74) is 6.18. The summed E-state index contributed by atoms with van der Waals surface area (Å²) in [6.45, 7) is 0.743. The second-order valence-electron chi connectivity index (χ2n) is 4.32. The first-order valence-electron chi connectivity index (χ1n) is 5.82. The zero-order valence-electron chi connectivity index (χ0n) is 9.88. The average molecular weight is 253 g/mol. The van der Waals surface area contributed by atoms with Crippen LogP contribution in [0.3, 0.4) is 0 Å². The third kappa shape index (κ3) is 2.24. The molecule has 1 aromatic carbocycles. The van der Waals surface area contributed by atoms with Crippen LogP contribution in [-0.2, 0) is 0 Å². The molecule has 0 radical (unpaired) electrons. The number of amidine groups is 1. The summed E-state index contributed by atoms with van der Waals surface area (Å²) in [5.74, 6) is -0.556. The zero-order chi connectivity index (χ0) is 13.1. The molecule has 2 rings (SSSR count). The van der Waals surface area contributed by atoms with E-state index in [1.807, 2.05) is 4.90 Å². The predicted octanol–water partition coefficient (Wildman–Crippen LogP) is 0.881. The van der Waals surface area contributed by atoms with Gasteiger partial charge in [0.05, 0.1) is 18.3 Å². The number of aliphatic hydroxyl groups is 1. The molecule has 4 N–H and O–H groups in total. The quantitative estimate of drug-likeness (QED) is 0.323. The van der Waals surface area contributed by atoms with Crippen molar-refractivity contribution < 1.29 is 14.7 Å². The van der Waals surface area contributed by atoms with Crippen molar-refractivity contribution in [2.24, 2.45) is 10.9 Å². The van der Waals surface area contributed by atoms with Crippen LogP contribution in [0.25, 0.3) is 0 Å². The van der Waals surface area contributed by atoms with Crippen molar-refractivity contribution in [3.63, 3.8) is 0 Å². The molecule has 1 aliphatic rings. The Hall–Kier alpha value is -1.82. The van der Waals surface area contributed by atoms with Crippen molar-refractivity contribution in [3.8, 4) is 0 Å². The van der Waals surface area contributed by atoms with Gasteiger partial charge in [0.2, 0.25) is 0 Å². The highest BCUT2D eigenvalue weighted by Gasteiger charge is 2.26. The maximum atomic E-state index is 14.0. The Morgan fingerprint density at radius 2 is 2.33 bits per heavy atom. The molecule has 0 bridgehead atoms. The standard InChI is InChI=1S/C12H16FN3O2/c13-10-6-8(12(14)15-18)3-4-11(10)16-5-1-2-9(16)7-17/h3-4,6,9,17-18H,1-2,5,7H2,(H2,14,15). The number of rotatable bonds is 3. The number of oxime groups is 1. The highest BCUT2D eigenvalue weighted by molar-refractivity contribution is 5.97. The Kier molecular flexibility index (Phi) is 3.66. The summed E-state index contributed by atoms with van der Waals surface area (Å²) >= 11 is 0. The Labute approximate surface area is 104 Å². The fourth-order valence-electron chi connectivity index (χ4n) is 2.30. The zero-order valence-corrected chi connectivity index (χ0v) is 9.88. The van der Waals surface area contributed by atoms with E-state index in [-0.39, 0.29) is 18.5 Å². The van der Waals surface area contributed by atoms with Gasteiger partial charge in [0, 0.05) is 12.1 Å². The largest absolute Gasteiger partial charge is 0.409 e. The van der Waals surface area contributed by atoms with Gasteiger partial charge in [0.15, 0.2) is 5.84 Å². The van der Waals surface area contributed by atoms with Crippen molar-refractivity contribution in [2.45, 2.75) is 18.9 Å². The summed E-state index contributed by atoms with van der Waals surface area (Å²) in [7, 11) is 0. The van der Waals surface area contributed by atoms with Crippen LogP contribution in [0.15, 0.2) is 23.4 Å². The number of hydrogen-bond acceptors (Lipinski definition) is 4. The first-order chi connectivity index (χ1) is 8.67. The molecule has 6 heteroatoms. The van der Waals surface area contributed by atoms with Gasteiger partial charge >= 0.3 is 0 Å². The molecule has 1 saturated heterocycles. The molecule has 1 heterocycles. The minimum atomic E-state index is -0.431. The minimum absolute atomic E-state index is 0.0153. The Morgan fingerprint density at radius 3 is 2.94 bits per heavy atom. The third-order valence-electron chi connectivity index (χ3n) is 3.25. The maximum absolute atomic E-state index is 14.0. The van der Waals surface area contributed by atoms with Crippen LogP contribution in [0.1, 0.15) is 18.4 Å². The molecule has 0 spiro atoms. The lowest BCUT2D eigenvalue weighted by atomic mass is 10.1. The number of nitrogens with two attached hydrogens (primary N) is 1. The molecule has 1 aromatic rings. The molecule has 0 aromatic heterocycles. The van der Waals surface area contributed by atoms with E-state index >= 15 is 0 Å². The summed E-state index contributed by atoms with van der Waals surface area (Å²) in [5, 5.41) is 20.6. The Bertz CT molecular complexity index is 465. The normalized spacial score (nSPS) is 20.4. The van der Waals surface area contributed by atoms with Gasteiger partial charge < -0.3 is 20.9 Å². The highest BCUT2D eigenvalue weighted by atomic mass is 19.1. The van der Waals surface area contributed by atoms with E-state index in [1.54, 1.807) is 12.1 Å². The second-order valence-corrected chi connectivity index (χ2v) is 4.32. The number of nitrogens with zero attached hydrogens (tertiary/aromatic N) is 2. The molecule has 1 atom stereocenters. The third-order valence-corrected chi connectivity index (χ3v) is 3.25. The van der Waals surface area contributed by atoms with E-state index < -0.39 is 5.82 Å². The first kappa shape index (κ1) is 12.6. The van der Waals surface area contributed by atoms with Crippen molar-refractivity contribution >= 4 is 11.5 Å². The molecule has 0 saturated carbocycles. The molecule has 18 heavy (non-hydrogen) atoms. The number of anilines is 1. The number of aliphatic hydroxyl groups excluding tert-OH is 1. The van der Waals surface area contributed by atoms with E-state index in [4.69, 9.17) is 10.9 Å². The number of hydrogen-bond donors (Lipinski definition) is 3. The SMILES string of the molecule is NC(=NO)c1ccc(N2CCCC2CO)c(F)c1. The lowest BCUT2D eigenvalue weighted by Crippen LogP contribution is -2.32. The van der Waals surface area contributed by atoms with Gasteiger partial charge in [-0.05, 0) is 31.0 Å². The molecular weight excluding hydrogens is 237 g/mol. The van der Waals surface area contributed by atoms with E-state index in [9.17, 15) is 9.50 Å². The van der Waals surface area contributed by atoms with E-state index in [0.717, 1.165) is 19.4 Å². The van der Waals surface area contributed by atoms with Gasteiger partial charge in [0.1, 0.15) is 5.82 Å². The van der Waals surface area contributed by atoms with Crippen LogP contribution < -0.4 is 10.6 Å². The fraction of sp³-hybridized carbons (Fsp3) is 0.417. The van der Waals surface area contributed by atoms with Crippen molar-refractivity contribution in [1.82, 2.24) is 0 Å². The smallest absolute Gasteiger partial charge is 0.170 e. The minimum Gasteiger partial charge on any atom is -0.409 e. The summed E-state index contributed by atoms with van der Waals surface area (Å²) < 4.78 is 14.0. The first-order valence-corrected chi connectivity index (χ1v) is 5.82. The van der Waals surface area contributed by atoms with Gasteiger partial charge in [-0.3, -0.25) is 0 Å². The summed E-state index contributed by atoms with van der Waals surface area (Å²) in [6.07, 6.45) is 1.80. The van der Waals surface area contributed by atoms with Gasteiger partial charge in [0.25, 0.3) is 0 Å². The lowest BCUT2D eigenvalue weighted by Gasteiger charge is -2.25. The predicted molar refractivity (Wildman–Crippen MR) is 66.4 cm³/mol. The van der Waals surface area contributed by atoms with Crippen LogP contribution in [0, 0.1) is 5.82 Å². The molecule has 1 unspecified atom stereocenters. The number of halogens is 1. The molecule has 0 aliphatic carbocycles. The van der Waals surface area contributed by atoms with Gasteiger partial charge in [-0.2, -0.15) is 0 Å². The van der Waals surface area contributed by atoms with E-state index in [2.05, 4.69) is 5.16 Å². The molecule has 98 valence electrons. The fourth-order valence-corrected chi connectivity index (χ4v) is 2.30. The molecule has 0 amide bonds. The van der Waals surface area contributed by atoms with Crippen LogP contribution in [-0.4, -0.2) is 35.3 Å². The Balaban J connectivity index is 2.30. The Morgan fingerprint density at radius 1 is 1.56 bits per heavy atom. The molecular formula is C12H16FN3O2. The lowest BCUT2D eigenvalue weighted by molar-refractivity contribution is 0.266. The molecule has 1 aliphatic heterocycles. The van der Waals surface area contributed by atoms with Gasteiger partial charge in [-0.25, -0.2) is 4.39 Å². The van der Waals surface area contributed by atoms with Crippen LogP contribution >= 0.6 is 0 Å². The van der Waals surface area contributed by atoms with Crippen LogP contribution in [0.4, 0.5) is 10.1 Å². The average Bonchev–Trinajstić information content (AvgIpc) is 2.85. The second kappa shape index (κ2) is 5.22. The molecule has 5 nitrogen and oxygen atoms in total. The summed E-state index contributed by atoms with van der Waals surface area (Å²) in [6, 6.07) is 4.39. The van der Waals surface area contributed by atoms with Crippen molar-refractivity contribution in [3.05, 3.63) is 29.6 Å². The summed E-state index contributed by atoms with van der Waals surface area (Å²) in [4.78, 5) is 1.85. The van der Waals surface area contributed by atoms with Crippen molar-refractivity contribution in [2.75, 3.05) is 18.1 Å². The monoisotopic (exact) mass is 253 g/mol. The molecule has 1 fully saturated rings. The van der Waals surface area contributed by atoms with Gasteiger partial charge in [-0.15, -0.1) is 0 Å². The van der Waals surface area contributed by atoms with Crippen LogP contribution in [0.2, 0.25) is 0 Å². The maximum Gasteiger partial charge on any atom is 0.170 e. The topological polar surface area (TPSA) is 82.1 Å². The van der Waals surface area contributed by atoms with E-state index in [1.165, 1.54) is 6.07 Å². The highest BCUT2D eigenvalue weighted by Crippen LogP contribution is 2.28.